The maximum atomic E-state index is 11.3. The Morgan fingerprint density at radius 2 is 1.78 bits per heavy atom. The third-order valence-corrected chi connectivity index (χ3v) is 13.1. The molecule has 1 saturated heterocycles. The van der Waals surface area contributed by atoms with Crippen molar-refractivity contribution in [3.8, 4) is 0 Å². The van der Waals surface area contributed by atoms with E-state index in [0.29, 0.717) is 26.1 Å². The molecule has 4 atom stereocenters. The summed E-state index contributed by atoms with van der Waals surface area (Å²) >= 11 is 0. The van der Waals surface area contributed by atoms with Gasteiger partial charge in [0.2, 0.25) is 0 Å². The fraction of sp³-hybridized carbons (Fsp3) is 0.897. The van der Waals surface area contributed by atoms with Crippen molar-refractivity contribution in [1.29, 1.82) is 0 Å². The zero-order valence-electron chi connectivity index (χ0n) is 24.1. The third kappa shape index (κ3) is 9.23. The number of hydrogen-bond donors (Lipinski definition) is 1. The summed E-state index contributed by atoms with van der Waals surface area (Å²) in [7, 11) is -0.547. The monoisotopic (exact) mass is 526 g/mol. The van der Waals surface area contributed by atoms with Gasteiger partial charge >= 0.3 is 5.97 Å². The highest BCUT2D eigenvalue weighted by Gasteiger charge is 2.48. The second-order valence-electron chi connectivity index (χ2n) is 12.3. The normalized spacial score (nSPS) is 26.7. The van der Waals surface area contributed by atoms with Crippen LogP contribution in [0, 0.1) is 11.8 Å². The van der Waals surface area contributed by atoms with Crippen LogP contribution in [-0.4, -0.2) is 57.7 Å². The van der Waals surface area contributed by atoms with Crippen molar-refractivity contribution in [3.63, 3.8) is 0 Å². The van der Waals surface area contributed by atoms with E-state index in [9.17, 15) is 9.90 Å². The zero-order valence-corrected chi connectivity index (χ0v) is 25.1. The molecule has 2 aliphatic rings. The van der Waals surface area contributed by atoms with Crippen molar-refractivity contribution in [3.05, 3.63) is 12.2 Å². The molecule has 0 unspecified atom stereocenters. The van der Waals surface area contributed by atoms with Gasteiger partial charge in [0, 0.05) is 19.3 Å². The number of unbranched alkanes of at least 4 members (excludes halogenated alkanes) is 3. The smallest absolute Gasteiger partial charge is 0.305 e. The number of aliphatic hydroxyl groups is 1. The van der Waals surface area contributed by atoms with Crippen LogP contribution in [0.4, 0.5) is 0 Å². The Labute approximate surface area is 221 Å². The lowest BCUT2D eigenvalue weighted by molar-refractivity contribution is -0.171. The molecule has 0 aromatic rings. The molecule has 6 nitrogen and oxygen atoms in total. The third-order valence-electron chi connectivity index (χ3n) is 8.64. The highest BCUT2D eigenvalue weighted by Crippen LogP contribution is 2.46. The average molecular weight is 527 g/mol. The summed E-state index contributed by atoms with van der Waals surface area (Å²) in [6.45, 7) is 15.0. The van der Waals surface area contributed by atoms with Gasteiger partial charge < -0.3 is 23.7 Å². The molecule has 0 amide bonds. The maximum absolute atomic E-state index is 11.3. The van der Waals surface area contributed by atoms with E-state index < -0.39 is 14.1 Å². The molecule has 1 N–H and O–H groups in total. The van der Waals surface area contributed by atoms with E-state index in [1.54, 1.807) is 0 Å². The summed E-state index contributed by atoms with van der Waals surface area (Å²) in [6, 6.07) is 0. The topological polar surface area (TPSA) is 74.2 Å². The number of carbonyl (C=O) groups is 1. The predicted molar refractivity (Wildman–Crippen MR) is 147 cm³/mol. The SMILES string of the molecule is CCCCCC1(CC[C@@H]2[C@@H](C/C=C\CCCC(=O)OC)[C@@H](O)C[C@H]2O[Si](C)(C)C(C)(C)C)OCCO1. The van der Waals surface area contributed by atoms with E-state index in [2.05, 4.69) is 52.9 Å². The molecule has 36 heavy (non-hydrogen) atoms. The fourth-order valence-electron chi connectivity index (χ4n) is 5.35. The van der Waals surface area contributed by atoms with Gasteiger partial charge in [-0.3, -0.25) is 4.79 Å². The Bertz CT molecular complexity index is 680. The lowest BCUT2D eigenvalue weighted by Crippen LogP contribution is -2.45. The van der Waals surface area contributed by atoms with E-state index in [0.717, 1.165) is 44.9 Å². The lowest BCUT2D eigenvalue weighted by atomic mass is 9.85. The summed E-state index contributed by atoms with van der Waals surface area (Å²) in [5, 5.41) is 11.3. The first-order valence-electron chi connectivity index (χ1n) is 14.3. The molecule has 0 bridgehead atoms. The highest BCUT2D eigenvalue weighted by molar-refractivity contribution is 6.74. The standard InChI is InChI=1S/C29H54O6Si/c1-8-9-14-18-29(33-20-21-34-29)19-17-24-23(15-12-10-11-13-16-27(31)32-5)25(30)22-26(24)35-36(6,7)28(2,3)4/h10,12,23-26,30H,8-9,11,13-22H2,1-7H3/b12-10-/t23-,24-,25+,26-/m1/s1. The van der Waals surface area contributed by atoms with Gasteiger partial charge in [-0.05, 0) is 68.5 Å². The van der Waals surface area contributed by atoms with Crippen molar-refractivity contribution < 1.29 is 28.5 Å². The summed E-state index contributed by atoms with van der Waals surface area (Å²) in [4.78, 5) is 11.3. The molecule has 0 radical (unpaired) electrons. The molecule has 0 spiro atoms. The van der Waals surface area contributed by atoms with Gasteiger partial charge in [0.25, 0.3) is 0 Å². The molecule has 2 fully saturated rings. The van der Waals surface area contributed by atoms with Crippen LogP contribution >= 0.6 is 0 Å². The van der Waals surface area contributed by atoms with Crippen LogP contribution in [0.3, 0.4) is 0 Å². The number of methoxy groups -OCH3 is 1. The Kier molecular flexibility index (Phi) is 12.6. The second-order valence-corrected chi connectivity index (χ2v) is 17.1. The van der Waals surface area contributed by atoms with Crippen LogP contribution < -0.4 is 0 Å². The van der Waals surface area contributed by atoms with Gasteiger partial charge in [-0.25, -0.2) is 0 Å². The molecule has 1 aliphatic heterocycles. The fourth-order valence-corrected chi connectivity index (χ4v) is 6.73. The number of rotatable bonds is 15. The minimum absolute atomic E-state index is 0.0627. The van der Waals surface area contributed by atoms with Crippen LogP contribution in [0.2, 0.25) is 18.1 Å². The summed E-state index contributed by atoms with van der Waals surface area (Å²) in [5.41, 5.74) is 0. The van der Waals surface area contributed by atoms with Crippen LogP contribution in [0.5, 0.6) is 0 Å². The first-order valence-corrected chi connectivity index (χ1v) is 17.2. The highest BCUT2D eigenvalue weighted by atomic mass is 28.4. The van der Waals surface area contributed by atoms with Gasteiger partial charge in [-0.1, -0.05) is 52.7 Å². The second kappa shape index (κ2) is 14.4. The molecular weight excluding hydrogens is 472 g/mol. The van der Waals surface area contributed by atoms with E-state index in [1.165, 1.54) is 20.0 Å². The number of hydrogen-bond acceptors (Lipinski definition) is 6. The number of ether oxygens (including phenoxy) is 3. The quantitative estimate of drug-likeness (QED) is 0.110. The summed E-state index contributed by atoms with van der Waals surface area (Å²) < 4.78 is 24.0. The van der Waals surface area contributed by atoms with Crippen molar-refractivity contribution in [2.24, 2.45) is 11.8 Å². The Morgan fingerprint density at radius 3 is 2.39 bits per heavy atom. The summed E-state index contributed by atoms with van der Waals surface area (Å²) in [6.07, 6.45) is 13.8. The van der Waals surface area contributed by atoms with E-state index >= 15 is 0 Å². The average Bonchev–Trinajstić information content (AvgIpc) is 3.38. The van der Waals surface area contributed by atoms with Gasteiger partial charge in [0.15, 0.2) is 14.1 Å². The minimum atomic E-state index is -1.97. The molecule has 2 rings (SSSR count). The molecule has 1 saturated carbocycles. The Morgan fingerprint density at radius 1 is 1.08 bits per heavy atom. The van der Waals surface area contributed by atoms with Crippen LogP contribution in [-0.2, 0) is 23.4 Å². The molecule has 0 aromatic heterocycles. The van der Waals surface area contributed by atoms with E-state index in [4.69, 9.17) is 18.6 Å². The number of carbonyl (C=O) groups excluding carboxylic acids is 1. The van der Waals surface area contributed by atoms with Gasteiger partial charge in [0.05, 0.1) is 32.5 Å². The largest absolute Gasteiger partial charge is 0.469 e. The van der Waals surface area contributed by atoms with Crippen LogP contribution in [0.15, 0.2) is 12.2 Å². The van der Waals surface area contributed by atoms with Crippen molar-refractivity contribution in [2.75, 3.05) is 20.3 Å². The van der Waals surface area contributed by atoms with Gasteiger partial charge in [0.1, 0.15) is 0 Å². The molecular formula is C29H54O6Si. The van der Waals surface area contributed by atoms with Crippen LogP contribution in [0.25, 0.3) is 0 Å². The van der Waals surface area contributed by atoms with E-state index in [-0.39, 0.29) is 35.1 Å². The predicted octanol–water partition coefficient (Wildman–Crippen LogP) is 6.77. The molecule has 1 aliphatic carbocycles. The first-order chi connectivity index (χ1) is 16.9. The zero-order chi connectivity index (χ0) is 26.8. The number of allylic oxidation sites excluding steroid dienone is 2. The summed E-state index contributed by atoms with van der Waals surface area (Å²) in [5.74, 6) is -0.210. The van der Waals surface area contributed by atoms with Crippen molar-refractivity contribution >= 4 is 14.3 Å². The van der Waals surface area contributed by atoms with Gasteiger partial charge in [-0.15, -0.1) is 0 Å². The molecule has 0 aromatic carbocycles. The number of aliphatic hydroxyl groups excluding tert-OH is 1. The maximum Gasteiger partial charge on any atom is 0.305 e. The molecule has 210 valence electrons. The molecule has 7 heteroatoms. The van der Waals surface area contributed by atoms with Crippen LogP contribution in [0.1, 0.15) is 98.3 Å². The lowest BCUT2D eigenvalue weighted by Gasteiger charge is -2.40. The Hall–Kier alpha value is -0.733. The van der Waals surface area contributed by atoms with Crippen molar-refractivity contribution in [1.82, 2.24) is 0 Å². The first kappa shape index (κ1) is 31.5. The van der Waals surface area contributed by atoms with Crippen molar-refractivity contribution in [2.45, 2.75) is 134 Å². The molecule has 1 heterocycles. The minimum Gasteiger partial charge on any atom is -0.469 e. The van der Waals surface area contributed by atoms with E-state index in [1.807, 2.05) is 0 Å². The number of esters is 1. The Balaban J connectivity index is 2.10. The van der Waals surface area contributed by atoms with Gasteiger partial charge in [-0.2, -0.15) is 0 Å².